The first-order valence-corrected chi connectivity index (χ1v) is 6.68. The Balaban J connectivity index is 3.01. The summed E-state index contributed by atoms with van der Waals surface area (Å²) in [5.41, 5.74) is 1.44. The number of nitrogens with zero attached hydrogens (tertiary/aromatic N) is 1. The number of ketones is 1. The van der Waals surface area contributed by atoms with E-state index in [9.17, 15) is 9.59 Å². The Hall–Kier alpha value is -1.88. The third-order valence-corrected chi connectivity index (χ3v) is 2.97. The van der Waals surface area contributed by atoms with Gasteiger partial charge in [-0.1, -0.05) is 6.92 Å². The van der Waals surface area contributed by atoms with Gasteiger partial charge in [-0.2, -0.15) is 0 Å². The second-order valence-corrected chi connectivity index (χ2v) is 4.51. The number of rotatable bonds is 8. The van der Waals surface area contributed by atoms with Gasteiger partial charge in [0.2, 0.25) is 0 Å². The number of ether oxygens (including phenoxy) is 1. The SMILES string of the molecule is CCOc1ccc(C(C)=O)cc1CN(CC)CC(=O)O. The van der Waals surface area contributed by atoms with Gasteiger partial charge in [0.05, 0.1) is 13.2 Å². The first-order valence-electron chi connectivity index (χ1n) is 6.68. The fourth-order valence-electron chi connectivity index (χ4n) is 1.93. The Morgan fingerprint density at radius 1 is 1.30 bits per heavy atom. The molecule has 0 radical (unpaired) electrons. The molecule has 5 nitrogen and oxygen atoms in total. The standard InChI is InChI=1S/C15H21NO4/c1-4-16(10-15(18)19)9-13-8-12(11(3)17)6-7-14(13)20-5-2/h6-8H,4-5,9-10H2,1-3H3,(H,18,19). The van der Waals surface area contributed by atoms with E-state index in [1.165, 1.54) is 6.92 Å². The summed E-state index contributed by atoms with van der Waals surface area (Å²) in [6.45, 7) is 6.84. The monoisotopic (exact) mass is 279 g/mol. The highest BCUT2D eigenvalue weighted by atomic mass is 16.5. The van der Waals surface area contributed by atoms with Gasteiger partial charge in [0.1, 0.15) is 5.75 Å². The van der Waals surface area contributed by atoms with E-state index in [4.69, 9.17) is 9.84 Å². The molecular weight excluding hydrogens is 258 g/mol. The molecule has 0 saturated carbocycles. The van der Waals surface area contributed by atoms with Crippen molar-refractivity contribution in [3.8, 4) is 5.75 Å². The van der Waals surface area contributed by atoms with Crippen molar-refractivity contribution in [2.75, 3.05) is 19.7 Å². The molecule has 1 N–H and O–H groups in total. The van der Waals surface area contributed by atoms with E-state index in [-0.39, 0.29) is 12.3 Å². The summed E-state index contributed by atoms with van der Waals surface area (Å²) in [6.07, 6.45) is 0. The van der Waals surface area contributed by atoms with Crippen LogP contribution in [-0.4, -0.2) is 41.5 Å². The lowest BCUT2D eigenvalue weighted by Gasteiger charge is -2.20. The maximum Gasteiger partial charge on any atom is 0.317 e. The van der Waals surface area contributed by atoms with Gasteiger partial charge in [-0.05, 0) is 38.6 Å². The maximum atomic E-state index is 11.5. The summed E-state index contributed by atoms with van der Waals surface area (Å²) >= 11 is 0. The van der Waals surface area contributed by atoms with Crippen LogP contribution in [0.2, 0.25) is 0 Å². The lowest BCUT2D eigenvalue weighted by molar-refractivity contribution is -0.138. The molecule has 0 aliphatic carbocycles. The highest BCUT2D eigenvalue weighted by Gasteiger charge is 2.13. The van der Waals surface area contributed by atoms with Crippen LogP contribution in [0.5, 0.6) is 5.75 Å². The predicted molar refractivity (Wildman–Crippen MR) is 76.2 cm³/mol. The average Bonchev–Trinajstić information content (AvgIpc) is 2.39. The molecule has 0 bridgehead atoms. The van der Waals surface area contributed by atoms with Crippen molar-refractivity contribution in [2.45, 2.75) is 27.3 Å². The van der Waals surface area contributed by atoms with E-state index in [1.54, 1.807) is 23.1 Å². The molecule has 0 aliphatic heterocycles. The smallest absolute Gasteiger partial charge is 0.317 e. The van der Waals surface area contributed by atoms with E-state index in [1.807, 2.05) is 13.8 Å². The topological polar surface area (TPSA) is 66.8 Å². The molecule has 1 aromatic rings. The van der Waals surface area contributed by atoms with Gasteiger partial charge in [0.15, 0.2) is 5.78 Å². The largest absolute Gasteiger partial charge is 0.494 e. The highest BCUT2D eigenvalue weighted by molar-refractivity contribution is 5.94. The second kappa shape index (κ2) is 7.65. The van der Waals surface area contributed by atoms with Gasteiger partial charge in [-0.3, -0.25) is 14.5 Å². The molecule has 0 aliphatic rings. The molecule has 0 amide bonds. The first kappa shape index (κ1) is 16.2. The van der Waals surface area contributed by atoms with Crippen molar-refractivity contribution in [1.82, 2.24) is 4.90 Å². The summed E-state index contributed by atoms with van der Waals surface area (Å²) in [4.78, 5) is 24.1. The molecule has 0 heterocycles. The Kier molecular flexibility index (Phi) is 6.18. The van der Waals surface area contributed by atoms with E-state index >= 15 is 0 Å². The number of aliphatic carboxylic acids is 1. The van der Waals surface area contributed by atoms with E-state index in [0.717, 1.165) is 5.56 Å². The first-order chi connectivity index (χ1) is 9.47. The molecule has 110 valence electrons. The predicted octanol–water partition coefficient (Wildman–Crippen LogP) is 2.19. The number of carbonyl (C=O) groups excluding carboxylic acids is 1. The number of carboxylic acid groups (broad SMARTS) is 1. The zero-order valence-corrected chi connectivity index (χ0v) is 12.2. The van der Waals surface area contributed by atoms with Crippen LogP contribution in [0.1, 0.15) is 36.7 Å². The molecule has 1 aromatic carbocycles. The molecule has 0 aromatic heterocycles. The number of likely N-dealkylation sites (N-methyl/N-ethyl adjacent to an activating group) is 1. The van der Waals surface area contributed by atoms with Crippen LogP contribution in [0.25, 0.3) is 0 Å². The van der Waals surface area contributed by atoms with Crippen LogP contribution < -0.4 is 4.74 Å². The number of carbonyl (C=O) groups is 2. The van der Waals surface area contributed by atoms with Gasteiger partial charge >= 0.3 is 5.97 Å². The van der Waals surface area contributed by atoms with Crippen LogP contribution in [0.15, 0.2) is 18.2 Å². The third kappa shape index (κ3) is 4.66. The third-order valence-electron chi connectivity index (χ3n) is 2.97. The molecule has 0 fully saturated rings. The normalized spacial score (nSPS) is 10.6. The van der Waals surface area contributed by atoms with Crippen LogP contribution in [-0.2, 0) is 11.3 Å². The summed E-state index contributed by atoms with van der Waals surface area (Å²) in [7, 11) is 0. The molecule has 5 heteroatoms. The van der Waals surface area contributed by atoms with Gasteiger partial charge in [-0.25, -0.2) is 0 Å². The molecule has 20 heavy (non-hydrogen) atoms. The zero-order chi connectivity index (χ0) is 15.1. The minimum atomic E-state index is -0.868. The van der Waals surface area contributed by atoms with Crippen molar-refractivity contribution >= 4 is 11.8 Å². The molecule has 1 rings (SSSR count). The molecule has 0 spiro atoms. The Morgan fingerprint density at radius 3 is 2.50 bits per heavy atom. The van der Waals surface area contributed by atoms with Crippen LogP contribution in [0.4, 0.5) is 0 Å². The van der Waals surface area contributed by atoms with Crippen LogP contribution in [0.3, 0.4) is 0 Å². The lowest BCUT2D eigenvalue weighted by atomic mass is 10.1. The lowest BCUT2D eigenvalue weighted by Crippen LogP contribution is -2.29. The van der Waals surface area contributed by atoms with E-state index in [2.05, 4.69) is 0 Å². The quantitative estimate of drug-likeness (QED) is 0.739. The van der Waals surface area contributed by atoms with E-state index in [0.29, 0.717) is 31.0 Å². The van der Waals surface area contributed by atoms with Crippen molar-refractivity contribution < 1.29 is 19.4 Å². The summed E-state index contributed by atoms with van der Waals surface area (Å²) in [5.74, 6) is -0.190. The minimum absolute atomic E-state index is 0.0180. The number of hydrogen-bond donors (Lipinski definition) is 1. The summed E-state index contributed by atoms with van der Waals surface area (Å²) < 4.78 is 5.54. The van der Waals surface area contributed by atoms with Crippen molar-refractivity contribution in [1.29, 1.82) is 0 Å². The van der Waals surface area contributed by atoms with Crippen molar-refractivity contribution in [2.24, 2.45) is 0 Å². The zero-order valence-electron chi connectivity index (χ0n) is 12.2. The minimum Gasteiger partial charge on any atom is -0.494 e. The Bertz CT molecular complexity index is 485. The molecule has 0 unspecified atom stereocenters. The summed E-state index contributed by atoms with van der Waals surface area (Å²) in [6, 6.07) is 5.27. The van der Waals surface area contributed by atoms with Crippen LogP contribution in [0, 0.1) is 0 Å². The highest BCUT2D eigenvalue weighted by Crippen LogP contribution is 2.22. The van der Waals surface area contributed by atoms with Crippen molar-refractivity contribution in [3.05, 3.63) is 29.3 Å². The van der Waals surface area contributed by atoms with Crippen LogP contribution >= 0.6 is 0 Å². The number of benzene rings is 1. The fourth-order valence-corrected chi connectivity index (χ4v) is 1.93. The van der Waals surface area contributed by atoms with Crippen molar-refractivity contribution in [3.63, 3.8) is 0 Å². The Morgan fingerprint density at radius 2 is 2.00 bits per heavy atom. The van der Waals surface area contributed by atoms with Gasteiger partial charge < -0.3 is 9.84 Å². The second-order valence-electron chi connectivity index (χ2n) is 4.51. The molecule has 0 saturated heterocycles. The average molecular weight is 279 g/mol. The number of Topliss-reactive ketones (excluding diaryl/α,β-unsaturated/α-hetero) is 1. The van der Waals surface area contributed by atoms with Gasteiger partial charge in [0.25, 0.3) is 0 Å². The number of carboxylic acids is 1. The van der Waals surface area contributed by atoms with E-state index < -0.39 is 5.97 Å². The Labute approximate surface area is 119 Å². The maximum absolute atomic E-state index is 11.5. The number of hydrogen-bond acceptors (Lipinski definition) is 4. The van der Waals surface area contributed by atoms with Gasteiger partial charge in [-0.15, -0.1) is 0 Å². The molecule has 0 atom stereocenters. The molecular formula is C15H21NO4. The summed E-state index contributed by atoms with van der Waals surface area (Å²) in [5, 5.41) is 8.88. The fraction of sp³-hybridized carbons (Fsp3) is 0.467. The van der Waals surface area contributed by atoms with Gasteiger partial charge in [0, 0.05) is 17.7 Å².